The van der Waals surface area contributed by atoms with Gasteiger partial charge in [-0.15, -0.1) is 22.9 Å². The smallest absolute Gasteiger partial charge is 0.321 e. The molecule has 1 aliphatic heterocycles. The average Bonchev–Trinajstić information content (AvgIpc) is 3.26. The molecule has 3 rings (SSSR count). The van der Waals surface area contributed by atoms with Crippen LogP contribution in [-0.4, -0.2) is 57.9 Å². The third-order valence-corrected chi connectivity index (χ3v) is 6.53. The molecule has 1 aromatic carbocycles. The van der Waals surface area contributed by atoms with Gasteiger partial charge in [0, 0.05) is 10.6 Å². The van der Waals surface area contributed by atoms with E-state index in [1.165, 1.54) is 11.3 Å². The lowest BCUT2D eigenvalue weighted by Gasteiger charge is -2.28. The summed E-state index contributed by atoms with van der Waals surface area (Å²) in [7, 11) is 0. The van der Waals surface area contributed by atoms with Crippen molar-refractivity contribution in [1.82, 2.24) is 15.3 Å². The highest BCUT2D eigenvalue weighted by molar-refractivity contribution is 7.20. The summed E-state index contributed by atoms with van der Waals surface area (Å²) in [5, 5.41) is 13.4. The van der Waals surface area contributed by atoms with Crippen LogP contribution in [0.25, 0.3) is 10.1 Å². The van der Waals surface area contributed by atoms with Crippen molar-refractivity contribution < 1.29 is 24.4 Å². The van der Waals surface area contributed by atoms with Gasteiger partial charge in [-0.25, -0.2) is 9.86 Å². The fourth-order valence-electron chi connectivity index (χ4n) is 3.50. The molecule has 2 heterocycles. The van der Waals surface area contributed by atoms with Gasteiger partial charge in [-0.2, -0.15) is 0 Å². The predicted molar refractivity (Wildman–Crippen MR) is 113 cm³/mol. The zero-order valence-corrected chi connectivity index (χ0v) is 18.0. The molecule has 1 aromatic heterocycles. The minimum atomic E-state index is -1.45. The highest BCUT2D eigenvalue weighted by Crippen LogP contribution is 2.29. The van der Waals surface area contributed by atoms with Crippen LogP contribution in [0.1, 0.15) is 41.4 Å². The zero-order valence-electron chi connectivity index (χ0n) is 16.4. The van der Waals surface area contributed by atoms with Gasteiger partial charge in [0.25, 0.3) is 5.91 Å². The van der Waals surface area contributed by atoms with Gasteiger partial charge in [0.15, 0.2) is 5.78 Å². The van der Waals surface area contributed by atoms with Crippen LogP contribution in [0.5, 0.6) is 0 Å². The fraction of sp³-hybridized carbons (Fsp3) is 0.400. The number of imide groups is 1. The molecular formula is C20H22ClN3O5S. The Bertz CT molecular complexity index is 994. The van der Waals surface area contributed by atoms with E-state index in [1.54, 1.807) is 6.07 Å². The molecule has 1 atom stereocenters. The van der Waals surface area contributed by atoms with Crippen molar-refractivity contribution in [1.29, 1.82) is 0 Å². The maximum Gasteiger partial charge on any atom is 0.325 e. The van der Waals surface area contributed by atoms with E-state index >= 15 is 0 Å². The molecule has 1 fully saturated rings. The summed E-state index contributed by atoms with van der Waals surface area (Å²) >= 11 is 7.14. The molecule has 0 spiro atoms. The number of fused-ring (bicyclic) bond motifs is 1. The Morgan fingerprint density at radius 3 is 2.80 bits per heavy atom. The van der Waals surface area contributed by atoms with E-state index in [-0.39, 0.29) is 25.2 Å². The highest BCUT2D eigenvalue weighted by atomic mass is 35.5. The van der Waals surface area contributed by atoms with Crippen LogP contribution in [0.3, 0.4) is 0 Å². The van der Waals surface area contributed by atoms with E-state index in [4.69, 9.17) is 11.6 Å². The van der Waals surface area contributed by atoms with E-state index in [1.807, 2.05) is 25.1 Å². The molecule has 2 N–H and O–H groups in total. The Kier molecular flexibility index (Phi) is 6.74. The Morgan fingerprint density at radius 1 is 1.37 bits per heavy atom. The summed E-state index contributed by atoms with van der Waals surface area (Å²) in [5.41, 5.74) is -0.516. The molecular weight excluding hydrogens is 430 g/mol. The number of Topliss-reactive ketones (excluding diaryl/α,β-unsaturated/α-hetero) is 1. The fourth-order valence-corrected chi connectivity index (χ4v) is 4.64. The van der Waals surface area contributed by atoms with Crippen molar-refractivity contribution in [2.45, 2.75) is 37.6 Å². The van der Waals surface area contributed by atoms with Gasteiger partial charge in [0.05, 0.1) is 18.0 Å². The summed E-state index contributed by atoms with van der Waals surface area (Å²) in [6, 6.07) is 6.67. The van der Waals surface area contributed by atoms with Crippen LogP contribution < -0.4 is 5.32 Å². The standard InChI is InChI=1S/C20H22ClN3O5S/c1-2-3-6-20(11-23(29)12-25)18(27)24(19(28)22-20)10-15(26)17-8-14-7-13(9-21)4-5-16(14)30-17/h4-5,7-8,12,29H,2-3,6,9-11H2,1H3,(H,22,28)/t20-/m0/s1. The van der Waals surface area contributed by atoms with Gasteiger partial charge in [0.2, 0.25) is 6.41 Å². The van der Waals surface area contributed by atoms with E-state index in [0.29, 0.717) is 22.2 Å². The number of urea groups is 1. The first-order valence-corrected chi connectivity index (χ1v) is 10.8. The molecule has 160 valence electrons. The van der Waals surface area contributed by atoms with E-state index in [2.05, 4.69) is 5.32 Å². The van der Waals surface area contributed by atoms with Crippen LogP contribution in [-0.2, 0) is 15.5 Å². The lowest BCUT2D eigenvalue weighted by molar-refractivity contribution is -0.157. The number of hydrogen-bond acceptors (Lipinski definition) is 6. The van der Waals surface area contributed by atoms with Crippen molar-refractivity contribution in [2.75, 3.05) is 13.1 Å². The van der Waals surface area contributed by atoms with Crippen molar-refractivity contribution in [3.8, 4) is 0 Å². The normalized spacial score (nSPS) is 18.7. The number of ketones is 1. The first kappa shape index (κ1) is 22.2. The number of nitrogens with zero attached hydrogens (tertiary/aromatic N) is 2. The monoisotopic (exact) mass is 451 g/mol. The second-order valence-corrected chi connectivity index (χ2v) is 8.60. The molecule has 0 aliphatic carbocycles. The third-order valence-electron chi connectivity index (χ3n) is 5.07. The van der Waals surface area contributed by atoms with Crippen LogP contribution in [0.2, 0.25) is 0 Å². The zero-order chi connectivity index (χ0) is 21.9. The number of thiophene rings is 1. The van der Waals surface area contributed by atoms with Crippen molar-refractivity contribution in [3.05, 3.63) is 34.7 Å². The summed E-state index contributed by atoms with van der Waals surface area (Å²) < 4.78 is 0.906. The van der Waals surface area contributed by atoms with Crippen molar-refractivity contribution in [3.63, 3.8) is 0 Å². The Labute approximate surface area is 182 Å². The van der Waals surface area contributed by atoms with Crippen molar-refractivity contribution in [2.24, 2.45) is 0 Å². The molecule has 1 saturated heterocycles. The number of hydrogen-bond donors (Lipinski definition) is 2. The van der Waals surface area contributed by atoms with Crippen molar-refractivity contribution >= 4 is 57.2 Å². The number of rotatable bonds is 10. The number of benzene rings is 1. The molecule has 10 heteroatoms. The SMILES string of the molecule is CCCC[C@@]1(CN(O)C=O)NC(=O)N(CC(=O)c2cc3cc(CCl)ccc3s2)C1=O. The minimum absolute atomic E-state index is 0.174. The van der Waals surface area contributed by atoms with Gasteiger partial charge in [-0.3, -0.25) is 24.5 Å². The van der Waals surface area contributed by atoms with Gasteiger partial charge in [-0.1, -0.05) is 25.8 Å². The summed E-state index contributed by atoms with van der Waals surface area (Å²) in [6.45, 7) is 1.12. The Hall–Kier alpha value is -2.49. The first-order valence-electron chi connectivity index (χ1n) is 9.50. The Balaban J connectivity index is 1.81. The average molecular weight is 452 g/mol. The molecule has 0 bridgehead atoms. The van der Waals surface area contributed by atoms with E-state index in [9.17, 15) is 24.4 Å². The summed E-state index contributed by atoms with van der Waals surface area (Å²) in [5.74, 6) is -0.629. The molecule has 30 heavy (non-hydrogen) atoms. The topological polar surface area (TPSA) is 107 Å². The lowest BCUT2D eigenvalue weighted by atomic mass is 9.92. The molecule has 2 aromatic rings. The summed E-state index contributed by atoms with van der Waals surface area (Å²) in [4.78, 5) is 50.5. The number of carbonyl (C=O) groups is 4. The molecule has 0 unspecified atom stereocenters. The molecule has 8 nitrogen and oxygen atoms in total. The molecule has 0 radical (unpaired) electrons. The van der Waals surface area contributed by atoms with Crippen LogP contribution >= 0.6 is 22.9 Å². The van der Waals surface area contributed by atoms with Crippen LogP contribution in [0, 0.1) is 0 Å². The first-order chi connectivity index (χ1) is 14.3. The number of amides is 4. The summed E-state index contributed by atoms with van der Waals surface area (Å²) in [6.07, 6.45) is 1.77. The van der Waals surface area contributed by atoms with Crippen LogP contribution in [0.15, 0.2) is 24.3 Å². The minimum Gasteiger partial charge on any atom is -0.321 e. The number of hydroxylamine groups is 2. The van der Waals surface area contributed by atoms with E-state index < -0.39 is 24.0 Å². The molecule has 1 aliphatic rings. The largest absolute Gasteiger partial charge is 0.325 e. The lowest BCUT2D eigenvalue weighted by Crippen LogP contribution is -2.54. The quantitative estimate of drug-likeness (QED) is 0.144. The number of halogens is 1. The third kappa shape index (κ3) is 4.33. The Morgan fingerprint density at radius 2 is 2.13 bits per heavy atom. The molecule has 4 amide bonds. The number of unbranched alkanes of at least 4 members (excludes halogenated alkanes) is 1. The number of alkyl halides is 1. The van der Waals surface area contributed by atoms with Gasteiger partial charge in [0.1, 0.15) is 5.54 Å². The van der Waals surface area contributed by atoms with Gasteiger partial charge < -0.3 is 5.32 Å². The van der Waals surface area contributed by atoms with Gasteiger partial charge in [-0.05, 0) is 35.6 Å². The second-order valence-electron chi connectivity index (χ2n) is 7.25. The maximum absolute atomic E-state index is 13.0. The second kappa shape index (κ2) is 9.11. The van der Waals surface area contributed by atoms with E-state index in [0.717, 1.165) is 27.0 Å². The molecule has 0 saturated carbocycles. The number of carbonyl (C=O) groups excluding carboxylic acids is 4. The van der Waals surface area contributed by atoms with Crippen LogP contribution in [0.4, 0.5) is 4.79 Å². The van der Waals surface area contributed by atoms with Gasteiger partial charge >= 0.3 is 6.03 Å². The number of nitrogens with one attached hydrogen (secondary N) is 1. The predicted octanol–water partition coefficient (Wildman–Crippen LogP) is 3.15. The highest BCUT2D eigenvalue weighted by Gasteiger charge is 2.52. The maximum atomic E-state index is 13.0.